The Kier molecular flexibility index (Phi) is 4.62. The van der Waals surface area contributed by atoms with Crippen LogP contribution in [0.25, 0.3) is 11.1 Å². The number of carbonyl (C=O) groups is 1. The first-order valence-electron chi connectivity index (χ1n) is 10.5. The third-order valence-corrected chi connectivity index (χ3v) is 6.45. The number of amides is 1. The van der Waals surface area contributed by atoms with Gasteiger partial charge in [-0.25, -0.2) is 4.79 Å². The van der Waals surface area contributed by atoms with E-state index >= 15 is 0 Å². The van der Waals surface area contributed by atoms with E-state index in [-0.39, 0.29) is 17.7 Å². The molecule has 0 radical (unpaired) electrons. The highest BCUT2D eigenvalue weighted by molar-refractivity contribution is 5.92. The quantitative estimate of drug-likeness (QED) is 0.584. The number of benzene rings is 2. The second-order valence-corrected chi connectivity index (χ2v) is 8.37. The highest BCUT2D eigenvalue weighted by Gasteiger charge is 2.51. The molecule has 5 rings (SSSR count). The number of likely N-dealkylation sites (tertiary alicyclic amines) is 1. The lowest BCUT2D eigenvalue weighted by Crippen LogP contribution is -2.41. The lowest BCUT2D eigenvalue weighted by atomic mass is 9.94. The van der Waals surface area contributed by atoms with Crippen molar-refractivity contribution in [2.45, 2.75) is 37.1 Å². The molecule has 1 atom stereocenters. The number of oxazole rings is 1. The second kappa shape index (κ2) is 7.32. The smallest absolute Gasteiger partial charge is 0.417 e. The molecule has 156 valence electrons. The van der Waals surface area contributed by atoms with Crippen molar-refractivity contribution in [3.8, 4) is 5.75 Å². The van der Waals surface area contributed by atoms with Crippen LogP contribution in [0.15, 0.2) is 51.7 Å². The summed E-state index contributed by atoms with van der Waals surface area (Å²) in [6, 6.07) is 12.8. The van der Waals surface area contributed by atoms with Gasteiger partial charge in [-0.05, 0) is 74.2 Å². The van der Waals surface area contributed by atoms with Gasteiger partial charge in [0, 0.05) is 6.54 Å². The molecule has 1 saturated carbocycles. The molecule has 1 aliphatic carbocycles. The average molecular weight is 407 g/mol. The van der Waals surface area contributed by atoms with Gasteiger partial charge in [0.25, 0.3) is 0 Å². The number of aromatic amines is 1. The topological polar surface area (TPSA) is 98.6 Å². The third kappa shape index (κ3) is 3.39. The molecule has 1 aliphatic heterocycles. The first-order chi connectivity index (χ1) is 14.5. The van der Waals surface area contributed by atoms with Crippen molar-refractivity contribution in [2.75, 3.05) is 19.6 Å². The highest BCUT2D eigenvalue weighted by Crippen LogP contribution is 2.49. The summed E-state index contributed by atoms with van der Waals surface area (Å²) in [5, 5.41) is 13.1. The van der Waals surface area contributed by atoms with Gasteiger partial charge in [0.05, 0.1) is 17.0 Å². The maximum absolute atomic E-state index is 13.2. The molecule has 2 heterocycles. The van der Waals surface area contributed by atoms with Gasteiger partial charge in [-0.1, -0.05) is 18.2 Å². The molecule has 7 heteroatoms. The summed E-state index contributed by atoms with van der Waals surface area (Å²) in [6.07, 6.45) is 3.87. The molecule has 1 amide bonds. The third-order valence-electron chi connectivity index (χ3n) is 6.45. The normalized spacial score (nSPS) is 19.1. The molecule has 2 fully saturated rings. The van der Waals surface area contributed by atoms with Crippen LogP contribution < -0.4 is 11.1 Å². The van der Waals surface area contributed by atoms with Crippen molar-refractivity contribution in [1.29, 1.82) is 0 Å². The molecule has 2 aliphatic rings. The van der Waals surface area contributed by atoms with Gasteiger partial charge in [-0.3, -0.25) is 14.7 Å². The van der Waals surface area contributed by atoms with Gasteiger partial charge < -0.3 is 14.8 Å². The zero-order valence-electron chi connectivity index (χ0n) is 16.7. The molecule has 3 N–H and O–H groups in total. The predicted molar refractivity (Wildman–Crippen MR) is 112 cm³/mol. The van der Waals surface area contributed by atoms with E-state index in [4.69, 9.17) is 4.42 Å². The highest BCUT2D eigenvalue weighted by atomic mass is 16.4. The van der Waals surface area contributed by atoms with Crippen LogP contribution in [0.4, 0.5) is 0 Å². The number of aromatic nitrogens is 1. The van der Waals surface area contributed by atoms with E-state index in [0.717, 1.165) is 49.9 Å². The number of hydrogen-bond acceptors (Lipinski definition) is 5. The monoisotopic (exact) mass is 407 g/mol. The Labute approximate surface area is 173 Å². The van der Waals surface area contributed by atoms with Crippen LogP contribution in [0.3, 0.4) is 0 Å². The zero-order chi connectivity index (χ0) is 20.7. The van der Waals surface area contributed by atoms with Crippen LogP contribution in [0.5, 0.6) is 5.75 Å². The van der Waals surface area contributed by atoms with Gasteiger partial charge in [-0.2, -0.15) is 0 Å². The Bertz CT molecular complexity index is 1140. The minimum atomic E-state index is -0.545. The largest absolute Gasteiger partial charge is 0.508 e. The molecule has 1 unspecified atom stereocenters. The Morgan fingerprint density at radius 3 is 2.73 bits per heavy atom. The van der Waals surface area contributed by atoms with E-state index in [1.165, 1.54) is 0 Å². The minimum Gasteiger partial charge on any atom is -0.508 e. The molecule has 3 aromatic rings. The number of nitrogens with one attached hydrogen (secondary N) is 2. The Hall–Kier alpha value is -3.06. The molecule has 7 nitrogen and oxygen atoms in total. The van der Waals surface area contributed by atoms with Gasteiger partial charge in [0.2, 0.25) is 5.91 Å². The van der Waals surface area contributed by atoms with Crippen molar-refractivity contribution >= 4 is 17.0 Å². The van der Waals surface area contributed by atoms with Crippen LogP contribution >= 0.6 is 0 Å². The first kappa shape index (κ1) is 18.9. The molecule has 2 aromatic carbocycles. The summed E-state index contributed by atoms with van der Waals surface area (Å²) in [5.74, 6) is -0.239. The molecule has 30 heavy (non-hydrogen) atoms. The molecular weight excluding hydrogens is 382 g/mol. The minimum absolute atomic E-state index is 0.0111. The van der Waals surface area contributed by atoms with Crippen LogP contribution in [-0.2, 0) is 10.2 Å². The number of fused-ring (bicyclic) bond motifs is 1. The number of phenolic OH excluding ortho intramolecular Hbond substituents is 1. The van der Waals surface area contributed by atoms with E-state index in [1.807, 2.05) is 24.3 Å². The number of nitrogens with zero attached hydrogens (tertiary/aromatic N) is 1. The summed E-state index contributed by atoms with van der Waals surface area (Å²) >= 11 is 0. The number of rotatable bonds is 6. The van der Waals surface area contributed by atoms with Gasteiger partial charge in [0.1, 0.15) is 5.75 Å². The number of hydrogen-bond donors (Lipinski definition) is 3. The predicted octanol–water partition coefficient (Wildman–Crippen LogP) is 2.81. The van der Waals surface area contributed by atoms with Crippen molar-refractivity contribution in [3.63, 3.8) is 0 Å². The van der Waals surface area contributed by atoms with Crippen molar-refractivity contribution in [2.24, 2.45) is 0 Å². The Morgan fingerprint density at radius 1 is 1.20 bits per heavy atom. The maximum atomic E-state index is 13.2. The first-order valence-corrected chi connectivity index (χ1v) is 10.5. The fourth-order valence-corrected chi connectivity index (χ4v) is 4.62. The lowest BCUT2D eigenvalue weighted by Gasteiger charge is -2.29. The van der Waals surface area contributed by atoms with Crippen molar-refractivity contribution in [3.05, 3.63) is 64.1 Å². The lowest BCUT2D eigenvalue weighted by molar-refractivity contribution is -0.123. The molecule has 1 aromatic heterocycles. The number of phenols is 1. The van der Waals surface area contributed by atoms with Crippen molar-refractivity contribution in [1.82, 2.24) is 15.2 Å². The van der Waals surface area contributed by atoms with E-state index in [1.54, 1.807) is 18.2 Å². The number of aromatic hydroxyl groups is 1. The molecular formula is C23H25N3O4. The average Bonchev–Trinajstić information content (AvgIpc) is 3.19. The van der Waals surface area contributed by atoms with E-state index in [9.17, 15) is 14.7 Å². The molecule has 1 saturated heterocycles. The summed E-state index contributed by atoms with van der Waals surface area (Å²) in [6.45, 7) is 2.48. The SMILES string of the molecule is O=C(NCC(c1cccc(O)c1)N1CCCC1)C1(c2ccc3oc(=O)[nH]c3c2)CC1. The number of carbonyl (C=O) groups excluding carboxylic acids is 1. The zero-order valence-corrected chi connectivity index (χ0v) is 16.7. The van der Waals surface area contributed by atoms with E-state index in [0.29, 0.717) is 17.6 Å². The van der Waals surface area contributed by atoms with Crippen LogP contribution in [0.1, 0.15) is 42.9 Å². The van der Waals surface area contributed by atoms with Crippen LogP contribution in [0, 0.1) is 0 Å². The second-order valence-electron chi connectivity index (χ2n) is 8.37. The van der Waals surface area contributed by atoms with E-state index < -0.39 is 11.2 Å². The molecule has 0 spiro atoms. The van der Waals surface area contributed by atoms with Gasteiger partial charge in [-0.15, -0.1) is 0 Å². The fraction of sp³-hybridized carbons (Fsp3) is 0.391. The Morgan fingerprint density at radius 2 is 2.00 bits per heavy atom. The van der Waals surface area contributed by atoms with Crippen molar-refractivity contribution < 1.29 is 14.3 Å². The van der Waals surface area contributed by atoms with Gasteiger partial charge in [0.15, 0.2) is 5.58 Å². The summed E-state index contributed by atoms with van der Waals surface area (Å²) in [7, 11) is 0. The number of H-pyrrole nitrogens is 1. The Balaban J connectivity index is 1.35. The van der Waals surface area contributed by atoms with Crippen LogP contribution in [0.2, 0.25) is 0 Å². The fourth-order valence-electron chi connectivity index (χ4n) is 4.62. The molecule has 0 bridgehead atoms. The van der Waals surface area contributed by atoms with Gasteiger partial charge >= 0.3 is 5.76 Å². The van der Waals surface area contributed by atoms with E-state index in [2.05, 4.69) is 15.2 Å². The standard InChI is InChI=1S/C23H25N3O4/c27-17-5-3-4-15(12-17)19(26-10-1-2-11-26)14-24-21(28)23(8-9-23)16-6-7-20-18(13-16)25-22(29)30-20/h3-7,12-13,19,27H,1-2,8-11,14H2,(H,24,28)(H,25,29). The maximum Gasteiger partial charge on any atom is 0.417 e. The summed E-state index contributed by atoms with van der Waals surface area (Å²) in [4.78, 5) is 29.7. The summed E-state index contributed by atoms with van der Waals surface area (Å²) < 4.78 is 5.07. The summed E-state index contributed by atoms with van der Waals surface area (Å²) in [5.41, 5.74) is 2.49. The van der Waals surface area contributed by atoms with Crippen LogP contribution in [-0.4, -0.2) is 40.5 Å².